The third kappa shape index (κ3) is 3.38. The van der Waals surface area contributed by atoms with Crippen molar-refractivity contribution in [3.8, 4) is 11.5 Å². The molecule has 0 saturated carbocycles. The zero-order valence-electron chi connectivity index (χ0n) is 13.2. The number of carbonyl (C=O) groups is 2. The van der Waals surface area contributed by atoms with E-state index in [2.05, 4.69) is 15.5 Å². The molecule has 3 rings (SSSR count). The van der Waals surface area contributed by atoms with E-state index in [0.717, 1.165) is 5.56 Å². The molecule has 1 N–H and O–H groups in total. The van der Waals surface area contributed by atoms with Crippen molar-refractivity contribution >= 4 is 17.4 Å². The number of anilines is 1. The molecule has 120 valence electrons. The summed E-state index contributed by atoms with van der Waals surface area (Å²) in [6.07, 6.45) is 0. The second-order valence-corrected chi connectivity index (χ2v) is 5.31. The number of rotatable bonds is 4. The average Bonchev–Trinajstić information content (AvgIpc) is 3.02. The van der Waals surface area contributed by atoms with Crippen LogP contribution in [0.1, 0.15) is 33.5 Å². The summed E-state index contributed by atoms with van der Waals surface area (Å²) in [6, 6.07) is 13.6. The lowest BCUT2D eigenvalue weighted by Gasteiger charge is -2.06. The van der Waals surface area contributed by atoms with Crippen molar-refractivity contribution < 1.29 is 14.1 Å². The van der Waals surface area contributed by atoms with E-state index in [0.29, 0.717) is 28.5 Å². The lowest BCUT2D eigenvalue weighted by molar-refractivity contribution is 0.101. The number of carbonyl (C=O) groups excluding carboxylic acids is 2. The topological polar surface area (TPSA) is 85.1 Å². The van der Waals surface area contributed by atoms with Gasteiger partial charge in [0.2, 0.25) is 0 Å². The van der Waals surface area contributed by atoms with Crippen LogP contribution in [0.4, 0.5) is 5.69 Å². The maximum absolute atomic E-state index is 12.3. The van der Waals surface area contributed by atoms with Gasteiger partial charge in [-0.1, -0.05) is 5.16 Å². The summed E-state index contributed by atoms with van der Waals surface area (Å²) < 4.78 is 5.09. The van der Waals surface area contributed by atoms with E-state index < -0.39 is 0 Å². The van der Waals surface area contributed by atoms with Crippen LogP contribution in [0.15, 0.2) is 53.1 Å². The molecule has 0 aliphatic heterocycles. The van der Waals surface area contributed by atoms with Gasteiger partial charge < -0.3 is 9.84 Å². The lowest BCUT2D eigenvalue weighted by Crippen LogP contribution is -2.11. The Hall–Kier alpha value is -3.28. The predicted molar refractivity (Wildman–Crippen MR) is 88.9 cm³/mol. The van der Waals surface area contributed by atoms with Gasteiger partial charge in [-0.05, 0) is 62.4 Å². The normalized spacial score (nSPS) is 10.4. The monoisotopic (exact) mass is 321 g/mol. The fourth-order valence-electron chi connectivity index (χ4n) is 2.17. The summed E-state index contributed by atoms with van der Waals surface area (Å²) in [5, 5.41) is 6.52. The maximum atomic E-state index is 12.3. The molecule has 6 nitrogen and oxygen atoms in total. The maximum Gasteiger partial charge on any atom is 0.257 e. The molecular weight excluding hydrogens is 306 g/mol. The van der Waals surface area contributed by atoms with Crippen LogP contribution in [0.2, 0.25) is 0 Å². The van der Waals surface area contributed by atoms with Crippen LogP contribution in [0.25, 0.3) is 11.5 Å². The van der Waals surface area contributed by atoms with Gasteiger partial charge in [0, 0.05) is 22.4 Å². The van der Waals surface area contributed by atoms with Gasteiger partial charge in [-0.2, -0.15) is 4.98 Å². The van der Waals surface area contributed by atoms with Crippen LogP contribution in [0.5, 0.6) is 0 Å². The number of benzene rings is 2. The lowest BCUT2D eigenvalue weighted by atomic mass is 10.1. The molecule has 0 saturated heterocycles. The fraction of sp³-hybridized carbons (Fsp3) is 0.111. The molecule has 0 aliphatic carbocycles. The summed E-state index contributed by atoms with van der Waals surface area (Å²) in [5.41, 5.74) is 2.48. The van der Waals surface area contributed by atoms with Crippen molar-refractivity contribution in [1.82, 2.24) is 10.1 Å². The number of ketones is 1. The van der Waals surface area contributed by atoms with E-state index in [-0.39, 0.29) is 11.7 Å². The Morgan fingerprint density at radius 2 is 1.58 bits per heavy atom. The smallest absolute Gasteiger partial charge is 0.257 e. The summed E-state index contributed by atoms with van der Waals surface area (Å²) >= 11 is 0. The Morgan fingerprint density at radius 1 is 0.958 bits per heavy atom. The van der Waals surface area contributed by atoms with Gasteiger partial charge in [0.1, 0.15) is 0 Å². The van der Waals surface area contributed by atoms with Crippen molar-refractivity contribution in [2.24, 2.45) is 0 Å². The molecule has 24 heavy (non-hydrogen) atoms. The standard InChI is InChI=1S/C18H15N3O3/c1-11(22)13-7-9-16(10-8-13)20-17(23)14-3-5-15(6-4-14)18-19-12(2)21-24-18/h3-10H,1-2H3,(H,20,23). The average molecular weight is 321 g/mol. The molecular formula is C18H15N3O3. The molecule has 2 aromatic carbocycles. The molecule has 1 heterocycles. The molecule has 0 bridgehead atoms. The zero-order valence-corrected chi connectivity index (χ0v) is 13.2. The van der Waals surface area contributed by atoms with Crippen LogP contribution in [0, 0.1) is 6.92 Å². The first-order valence-corrected chi connectivity index (χ1v) is 7.36. The summed E-state index contributed by atoms with van der Waals surface area (Å²) in [5.74, 6) is 0.721. The van der Waals surface area contributed by atoms with Crippen LogP contribution in [-0.4, -0.2) is 21.8 Å². The number of aryl methyl sites for hydroxylation is 1. The first-order chi connectivity index (χ1) is 11.5. The van der Waals surface area contributed by atoms with Crippen molar-refractivity contribution in [2.45, 2.75) is 13.8 Å². The highest BCUT2D eigenvalue weighted by molar-refractivity contribution is 6.04. The Morgan fingerprint density at radius 3 is 2.12 bits per heavy atom. The second-order valence-electron chi connectivity index (χ2n) is 5.31. The number of nitrogens with zero attached hydrogens (tertiary/aromatic N) is 2. The minimum absolute atomic E-state index is 0.0141. The van der Waals surface area contributed by atoms with E-state index in [1.807, 2.05) is 0 Å². The van der Waals surface area contributed by atoms with Crippen LogP contribution >= 0.6 is 0 Å². The predicted octanol–water partition coefficient (Wildman–Crippen LogP) is 3.50. The second kappa shape index (κ2) is 6.45. The Labute approximate surface area is 138 Å². The molecule has 0 spiro atoms. The Balaban J connectivity index is 1.72. The van der Waals surface area contributed by atoms with E-state index in [9.17, 15) is 9.59 Å². The van der Waals surface area contributed by atoms with E-state index in [1.165, 1.54) is 6.92 Å². The number of hydrogen-bond donors (Lipinski definition) is 1. The van der Waals surface area contributed by atoms with Gasteiger partial charge in [-0.3, -0.25) is 9.59 Å². The number of nitrogens with one attached hydrogen (secondary N) is 1. The first-order valence-electron chi connectivity index (χ1n) is 7.36. The minimum Gasteiger partial charge on any atom is -0.334 e. The van der Waals surface area contributed by atoms with Crippen LogP contribution < -0.4 is 5.32 Å². The van der Waals surface area contributed by atoms with Crippen molar-refractivity contribution in [3.05, 3.63) is 65.5 Å². The van der Waals surface area contributed by atoms with Crippen LogP contribution in [0.3, 0.4) is 0 Å². The van der Waals surface area contributed by atoms with Gasteiger partial charge in [0.25, 0.3) is 11.8 Å². The summed E-state index contributed by atoms with van der Waals surface area (Å²) in [7, 11) is 0. The van der Waals surface area contributed by atoms with Gasteiger partial charge in [0.15, 0.2) is 11.6 Å². The number of aromatic nitrogens is 2. The van der Waals surface area contributed by atoms with E-state index in [4.69, 9.17) is 4.52 Å². The van der Waals surface area contributed by atoms with E-state index >= 15 is 0 Å². The van der Waals surface area contributed by atoms with Crippen molar-refractivity contribution in [2.75, 3.05) is 5.32 Å². The SMILES string of the molecule is CC(=O)c1ccc(NC(=O)c2ccc(-c3nc(C)no3)cc2)cc1. The molecule has 3 aromatic rings. The fourth-order valence-corrected chi connectivity index (χ4v) is 2.17. The molecule has 1 amide bonds. The Kier molecular flexibility index (Phi) is 4.20. The summed E-state index contributed by atoms with van der Waals surface area (Å²) in [6.45, 7) is 3.24. The molecule has 1 aromatic heterocycles. The third-order valence-corrected chi connectivity index (χ3v) is 3.47. The minimum atomic E-state index is -0.237. The highest BCUT2D eigenvalue weighted by atomic mass is 16.5. The number of hydrogen-bond acceptors (Lipinski definition) is 5. The van der Waals surface area contributed by atoms with Crippen molar-refractivity contribution in [1.29, 1.82) is 0 Å². The zero-order chi connectivity index (χ0) is 17.1. The Bertz CT molecular complexity index is 881. The molecule has 0 fully saturated rings. The van der Waals surface area contributed by atoms with Gasteiger partial charge in [-0.25, -0.2) is 0 Å². The van der Waals surface area contributed by atoms with Crippen LogP contribution in [-0.2, 0) is 0 Å². The molecule has 0 radical (unpaired) electrons. The van der Waals surface area contributed by atoms with Crippen molar-refractivity contribution in [3.63, 3.8) is 0 Å². The van der Waals surface area contributed by atoms with Gasteiger partial charge >= 0.3 is 0 Å². The third-order valence-electron chi connectivity index (χ3n) is 3.47. The largest absolute Gasteiger partial charge is 0.334 e. The van der Waals surface area contributed by atoms with E-state index in [1.54, 1.807) is 55.5 Å². The quantitative estimate of drug-likeness (QED) is 0.743. The number of Topliss-reactive ketones (excluding diaryl/α,β-unsaturated/α-hetero) is 1. The highest BCUT2D eigenvalue weighted by Crippen LogP contribution is 2.18. The van der Waals surface area contributed by atoms with Gasteiger partial charge in [0.05, 0.1) is 0 Å². The molecule has 0 atom stereocenters. The highest BCUT2D eigenvalue weighted by Gasteiger charge is 2.10. The molecule has 6 heteroatoms. The van der Waals surface area contributed by atoms with Gasteiger partial charge in [-0.15, -0.1) is 0 Å². The molecule has 0 unspecified atom stereocenters. The molecule has 0 aliphatic rings. The number of amides is 1. The first kappa shape index (κ1) is 15.6. The summed E-state index contributed by atoms with van der Waals surface area (Å²) in [4.78, 5) is 27.6.